The highest BCUT2D eigenvalue weighted by atomic mass is 32.2. The van der Waals surface area contributed by atoms with Crippen LogP contribution >= 0.6 is 0 Å². The van der Waals surface area contributed by atoms with Crippen LogP contribution < -0.4 is 5.32 Å². The van der Waals surface area contributed by atoms with Crippen LogP contribution in [0, 0.1) is 5.92 Å². The molecule has 0 atom stereocenters. The van der Waals surface area contributed by atoms with Gasteiger partial charge in [-0.05, 0) is 32.1 Å². The van der Waals surface area contributed by atoms with E-state index >= 15 is 0 Å². The summed E-state index contributed by atoms with van der Waals surface area (Å²) >= 11 is 0. The fourth-order valence-corrected chi connectivity index (χ4v) is 3.58. The largest absolute Gasteiger partial charge is 0.480 e. The molecule has 1 amide bonds. The second kappa shape index (κ2) is 5.33. The van der Waals surface area contributed by atoms with Crippen molar-refractivity contribution in [2.75, 3.05) is 19.3 Å². The fraction of sp³-hybridized carbons (Fsp3) is 0.833. The van der Waals surface area contributed by atoms with E-state index in [1.807, 2.05) is 0 Å². The van der Waals surface area contributed by atoms with Gasteiger partial charge >= 0.3 is 5.97 Å². The molecule has 0 aromatic heterocycles. The molecule has 1 aliphatic carbocycles. The number of carboxylic acids is 1. The molecule has 0 radical (unpaired) electrons. The zero-order chi connectivity index (χ0) is 15.0. The van der Waals surface area contributed by atoms with Gasteiger partial charge in [-0.15, -0.1) is 0 Å². The molecule has 2 fully saturated rings. The SMILES string of the molecule is CS(=O)(=O)N1CCC(C(=O)NC2(C(=O)O)CCC2)CC1. The van der Waals surface area contributed by atoms with Gasteiger partial charge in [0.05, 0.1) is 6.26 Å². The van der Waals surface area contributed by atoms with Crippen LogP contribution in [0.1, 0.15) is 32.1 Å². The molecule has 1 saturated carbocycles. The number of sulfonamides is 1. The number of carboxylic acid groups (broad SMARTS) is 1. The van der Waals surface area contributed by atoms with Gasteiger partial charge in [0.15, 0.2) is 0 Å². The van der Waals surface area contributed by atoms with Gasteiger partial charge in [0.25, 0.3) is 0 Å². The zero-order valence-corrected chi connectivity index (χ0v) is 12.3. The molecule has 0 aromatic carbocycles. The smallest absolute Gasteiger partial charge is 0.329 e. The normalized spacial score (nSPS) is 23.9. The van der Waals surface area contributed by atoms with Crippen molar-refractivity contribution in [1.29, 1.82) is 0 Å². The first-order chi connectivity index (χ1) is 9.24. The van der Waals surface area contributed by atoms with Crippen molar-refractivity contribution < 1.29 is 23.1 Å². The highest BCUT2D eigenvalue weighted by Gasteiger charge is 2.46. The highest BCUT2D eigenvalue weighted by Crippen LogP contribution is 2.33. The molecule has 8 heteroatoms. The van der Waals surface area contributed by atoms with E-state index in [1.54, 1.807) is 0 Å². The number of piperidine rings is 1. The minimum absolute atomic E-state index is 0.264. The maximum Gasteiger partial charge on any atom is 0.329 e. The Morgan fingerprint density at radius 2 is 1.80 bits per heavy atom. The van der Waals surface area contributed by atoms with E-state index < -0.39 is 21.5 Å². The Bertz CT molecular complexity index is 504. The lowest BCUT2D eigenvalue weighted by atomic mass is 9.76. The Balaban J connectivity index is 1.91. The Hall–Kier alpha value is -1.15. The molecular formula is C12H20N2O5S. The number of aliphatic carboxylic acids is 1. The van der Waals surface area contributed by atoms with Crippen molar-refractivity contribution in [2.45, 2.75) is 37.6 Å². The maximum atomic E-state index is 12.1. The Labute approximate surface area is 118 Å². The average molecular weight is 304 g/mol. The molecule has 114 valence electrons. The standard InChI is InChI=1S/C12H20N2O5S/c1-20(18,19)14-7-3-9(4-8-14)10(15)13-12(11(16)17)5-2-6-12/h9H,2-8H2,1H3,(H,13,15)(H,16,17). The molecule has 1 aliphatic heterocycles. The number of carbonyl (C=O) groups is 2. The van der Waals surface area contributed by atoms with Crippen molar-refractivity contribution in [2.24, 2.45) is 5.92 Å². The van der Waals surface area contributed by atoms with Gasteiger partial charge in [-0.2, -0.15) is 0 Å². The molecule has 1 heterocycles. The van der Waals surface area contributed by atoms with Crippen molar-refractivity contribution in [3.8, 4) is 0 Å². The van der Waals surface area contributed by atoms with Crippen LogP contribution in [-0.4, -0.2) is 54.6 Å². The minimum atomic E-state index is -3.21. The first-order valence-electron chi connectivity index (χ1n) is 6.75. The summed E-state index contributed by atoms with van der Waals surface area (Å²) in [6.07, 6.45) is 3.77. The molecule has 0 spiro atoms. The van der Waals surface area contributed by atoms with Crippen molar-refractivity contribution in [3.63, 3.8) is 0 Å². The summed E-state index contributed by atoms with van der Waals surface area (Å²) in [7, 11) is -3.21. The Morgan fingerprint density at radius 3 is 2.15 bits per heavy atom. The van der Waals surface area contributed by atoms with Crippen molar-refractivity contribution in [3.05, 3.63) is 0 Å². The fourth-order valence-electron chi connectivity index (χ4n) is 2.71. The van der Waals surface area contributed by atoms with Crippen LogP contribution in [0.5, 0.6) is 0 Å². The van der Waals surface area contributed by atoms with Gasteiger partial charge in [0, 0.05) is 19.0 Å². The maximum absolute atomic E-state index is 12.1. The molecule has 0 bridgehead atoms. The molecule has 2 N–H and O–H groups in total. The Kier molecular flexibility index (Phi) is 4.06. The lowest BCUT2D eigenvalue weighted by Gasteiger charge is -2.40. The summed E-state index contributed by atoms with van der Waals surface area (Å²) in [4.78, 5) is 23.3. The first kappa shape index (κ1) is 15.2. The molecule has 2 aliphatic rings. The van der Waals surface area contributed by atoms with Gasteiger partial charge in [0.2, 0.25) is 15.9 Å². The number of nitrogens with zero attached hydrogens (tertiary/aromatic N) is 1. The summed E-state index contributed by atoms with van der Waals surface area (Å²) in [5.41, 5.74) is -1.09. The summed E-state index contributed by atoms with van der Waals surface area (Å²) < 4.78 is 24.1. The van der Waals surface area contributed by atoms with E-state index in [0.717, 1.165) is 12.7 Å². The lowest BCUT2D eigenvalue weighted by Crippen LogP contribution is -2.60. The predicted molar refractivity (Wildman–Crippen MR) is 71.5 cm³/mol. The van der Waals surface area contributed by atoms with Crippen LogP contribution in [0.3, 0.4) is 0 Å². The minimum Gasteiger partial charge on any atom is -0.480 e. The monoisotopic (exact) mass is 304 g/mol. The summed E-state index contributed by atoms with van der Waals surface area (Å²) in [5.74, 6) is -1.55. The number of rotatable bonds is 4. The van der Waals surface area contributed by atoms with Crippen molar-refractivity contribution >= 4 is 21.9 Å². The number of nitrogens with one attached hydrogen (secondary N) is 1. The van der Waals surface area contributed by atoms with E-state index in [4.69, 9.17) is 0 Å². The summed E-state index contributed by atoms with van der Waals surface area (Å²) in [6, 6.07) is 0. The van der Waals surface area contributed by atoms with E-state index in [1.165, 1.54) is 4.31 Å². The van der Waals surface area contributed by atoms with E-state index in [0.29, 0.717) is 38.8 Å². The third-order valence-electron chi connectivity index (χ3n) is 4.27. The average Bonchev–Trinajstić information content (AvgIpc) is 2.32. The zero-order valence-electron chi connectivity index (χ0n) is 11.5. The summed E-state index contributed by atoms with van der Waals surface area (Å²) in [6.45, 7) is 0.633. The van der Waals surface area contributed by atoms with E-state index in [-0.39, 0.29) is 11.8 Å². The number of carbonyl (C=O) groups excluding carboxylic acids is 1. The molecule has 20 heavy (non-hydrogen) atoms. The molecule has 7 nitrogen and oxygen atoms in total. The van der Waals surface area contributed by atoms with E-state index in [2.05, 4.69) is 5.32 Å². The van der Waals surface area contributed by atoms with Gasteiger partial charge < -0.3 is 10.4 Å². The molecule has 0 unspecified atom stereocenters. The van der Waals surface area contributed by atoms with Gasteiger partial charge in [0.1, 0.15) is 5.54 Å². The third-order valence-corrected chi connectivity index (χ3v) is 5.58. The third kappa shape index (κ3) is 2.95. The van der Waals surface area contributed by atoms with Gasteiger partial charge in [-0.3, -0.25) is 4.79 Å². The van der Waals surface area contributed by atoms with Crippen LogP contribution in [0.2, 0.25) is 0 Å². The molecule has 1 saturated heterocycles. The topological polar surface area (TPSA) is 104 Å². The van der Waals surface area contributed by atoms with Gasteiger partial charge in [-0.1, -0.05) is 0 Å². The number of hydrogen-bond acceptors (Lipinski definition) is 4. The quantitative estimate of drug-likeness (QED) is 0.747. The Morgan fingerprint density at radius 1 is 1.25 bits per heavy atom. The number of hydrogen-bond donors (Lipinski definition) is 2. The lowest BCUT2D eigenvalue weighted by molar-refractivity contribution is -0.152. The predicted octanol–water partition coefficient (Wildman–Crippen LogP) is -0.218. The van der Waals surface area contributed by atoms with Crippen LogP contribution in [0.25, 0.3) is 0 Å². The first-order valence-corrected chi connectivity index (χ1v) is 8.60. The number of amides is 1. The second-order valence-corrected chi connectivity index (χ2v) is 7.65. The highest BCUT2D eigenvalue weighted by molar-refractivity contribution is 7.88. The van der Waals surface area contributed by atoms with Crippen LogP contribution in [-0.2, 0) is 19.6 Å². The summed E-state index contributed by atoms with van der Waals surface area (Å²) in [5, 5.41) is 11.8. The molecule has 0 aromatic rings. The van der Waals surface area contributed by atoms with Gasteiger partial charge in [-0.25, -0.2) is 17.5 Å². The molecule has 2 rings (SSSR count). The second-order valence-electron chi connectivity index (χ2n) is 5.67. The van der Waals surface area contributed by atoms with Crippen LogP contribution in [0.15, 0.2) is 0 Å². The van der Waals surface area contributed by atoms with Crippen molar-refractivity contribution in [1.82, 2.24) is 9.62 Å². The van der Waals surface area contributed by atoms with E-state index in [9.17, 15) is 23.1 Å². The molecular weight excluding hydrogens is 284 g/mol. The van der Waals surface area contributed by atoms with Crippen LogP contribution in [0.4, 0.5) is 0 Å².